The van der Waals surface area contributed by atoms with Gasteiger partial charge < -0.3 is 9.46 Å². The van der Waals surface area contributed by atoms with E-state index in [0.717, 1.165) is 0 Å². The zero-order valence-corrected chi connectivity index (χ0v) is 13.0. The maximum absolute atomic E-state index is 10.8. The minimum absolute atomic E-state index is 0.360. The molecule has 5 nitrogen and oxygen atoms in total. The molecule has 9 heteroatoms. The van der Waals surface area contributed by atoms with E-state index in [1.54, 1.807) is 13.3 Å². The van der Waals surface area contributed by atoms with Crippen LogP contribution in [0.15, 0.2) is 0 Å². The zero-order valence-electron chi connectivity index (χ0n) is 9.74. The lowest BCUT2D eigenvalue weighted by atomic mass is 10.8. The van der Waals surface area contributed by atoms with E-state index in [1.165, 1.54) is 6.66 Å². The molecule has 0 aliphatic carbocycles. The molecule has 0 saturated heterocycles. The maximum atomic E-state index is 10.8. The van der Waals surface area contributed by atoms with Gasteiger partial charge >= 0.3 is 0 Å². The Hall–Kier alpha value is 0.920. The van der Waals surface area contributed by atoms with Crippen molar-refractivity contribution in [3.8, 4) is 0 Å². The van der Waals surface area contributed by atoms with Crippen LogP contribution in [-0.2, 0) is 9.13 Å². The molecule has 1 atom stereocenters. The van der Waals surface area contributed by atoms with E-state index >= 15 is 0 Å². The minimum atomic E-state index is -3.02. The summed E-state index contributed by atoms with van der Waals surface area (Å²) in [6.45, 7) is 5.61. The second-order valence-corrected chi connectivity index (χ2v) is 9.27. The van der Waals surface area contributed by atoms with Crippen LogP contribution < -0.4 is 10.2 Å². The van der Waals surface area contributed by atoms with Gasteiger partial charge in [-0.1, -0.05) is 0 Å². The molecule has 100 valence electrons. The Morgan fingerprint density at radius 2 is 1.38 bits per heavy atom. The number of hydrogen-bond donors (Lipinski definition) is 3. The Morgan fingerprint density at radius 1 is 1.00 bits per heavy atom. The van der Waals surface area contributed by atoms with Gasteiger partial charge in [-0.25, -0.2) is 5.09 Å². The molecule has 0 radical (unpaired) electrons. The van der Waals surface area contributed by atoms with E-state index < -0.39 is 14.8 Å². The maximum Gasteiger partial charge on any atom is 0.264 e. The summed E-state index contributed by atoms with van der Waals surface area (Å²) in [6.07, 6.45) is 0. The number of hydrogen-bond acceptors (Lipinski definition) is 2. The van der Waals surface area contributed by atoms with E-state index in [4.69, 9.17) is 28.1 Å². The lowest BCUT2D eigenvalue weighted by Crippen LogP contribution is -2.11. The van der Waals surface area contributed by atoms with Gasteiger partial charge in [0.1, 0.15) is 7.29 Å². The van der Waals surface area contributed by atoms with Crippen molar-refractivity contribution in [1.29, 1.82) is 0 Å². The third-order valence-corrected chi connectivity index (χ3v) is 3.26. The highest BCUT2D eigenvalue weighted by Gasteiger charge is 2.04. The molecule has 0 rings (SSSR count). The minimum Gasteiger partial charge on any atom is -0.333 e. The fourth-order valence-electron chi connectivity index (χ4n) is 0.561. The van der Waals surface area contributed by atoms with Crippen molar-refractivity contribution in [2.24, 2.45) is 0 Å². The normalized spacial score (nSPS) is 14.9. The van der Waals surface area contributed by atoms with Crippen LogP contribution in [0, 0.1) is 0 Å². The summed E-state index contributed by atoms with van der Waals surface area (Å²) in [5, 5.41) is 5.15. The van der Waals surface area contributed by atoms with Crippen LogP contribution in [0.1, 0.15) is 0 Å². The molecular formula is C7H20Cl2N2O3P2. The van der Waals surface area contributed by atoms with Crippen LogP contribution in [0.2, 0.25) is 0 Å². The SMILES string of the molecule is CP(=O)(O)NCCCl.CP(C)(=O)NCCCl. The Kier molecular flexibility index (Phi) is 11.9. The van der Waals surface area contributed by atoms with Crippen LogP contribution in [0.4, 0.5) is 0 Å². The fraction of sp³-hybridized carbons (Fsp3) is 1.00. The lowest BCUT2D eigenvalue weighted by molar-refractivity contribution is 0.472. The topological polar surface area (TPSA) is 78.4 Å². The van der Waals surface area contributed by atoms with Crippen LogP contribution >= 0.6 is 38.0 Å². The number of halogens is 2. The van der Waals surface area contributed by atoms with Crippen molar-refractivity contribution in [1.82, 2.24) is 10.2 Å². The van der Waals surface area contributed by atoms with Crippen molar-refractivity contribution in [3.05, 3.63) is 0 Å². The largest absolute Gasteiger partial charge is 0.333 e. The van der Waals surface area contributed by atoms with Gasteiger partial charge in [-0.2, -0.15) is 0 Å². The summed E-state index contributed by atoms with van der Waals surface area (Å²) < 4.78 is 21.2. The molecule has 1 unspecified atom stereocenters. The molecule has 0 aromatic heterocycles. The van der Waals surface area contributed by atoms with E-state index in [0.29, 0.717) is 24.8 Å². The summed E-state index contributed by atoms with van der Waals surface area (Å²) in [5.41, 5.74) is 0. The molecule has 16 heavy (non-hydrogen) atoms. The molecule has 0 aromatic rings. The smallest absolute Gasteiger partial charge is 0.264 e. The van der Waals surface area contributed by atoms with E-state index in [1.807, 2.05) is 0 Å². The van der Waals surface area contributed by atoms with Gasteiger partial charge in [0, 0.05) is 44.8 Å². The third kappa shape index (κ3) is 24.2. The van der Waals surface area contributed by atoms with E-state index in [9.17, 15) is 9.13 Å². The highest BCUT2D eigenvalue weighted by Crippen LogP contribution is 2.28. The Morgan fingerprint density at radius 3 is 1.50 bits per heavy atom. The molecule has 0 fully saturated rings. The van der Waals surface area contributed by atoms with Gasteiger partial charge in [-0.15, -0.1) is 23.2 Å². The van der Waals surface area contributed by atoms with Gasteiger partial charge in [0.2, 0.25) is 0 Å². The van der Waals surface area contributed by atoms with Gasteiger partial charge in [-0.05, 0) is 0 Å². The molecule has 0 aliphatic rings. The lowest BCUT2D eigenvalue weighted by Gasteiger charge is -2.05. The van der Waals surface area contributed by atoms with Crippen LogP contribution in [0.5, 0.6) is 0 Å². The highest BCUT2D eigenvalue weighted by molar-refractivity contribution is 7.60. The Bertz CT molecular complexity index is 228. The molecule has 0 aromatic carbocycles. The summed E-state index contributed by atoms with van der Waals surface area (Å²) >= 11 is 10.5. The first-order chi connectivity index (χ1) is 7.12. The number of rotatable bonds is 6. The number of alkyl halides is 2. The summed E-state index contributed by atoms with van der Waals surface area (Å²) in [7, 11) is -5.03. The summed E-state index contributed by atoms with van der Waals surface area (Å²) in [5.74, 6) is 0.879. The Labute approximate surface area is 107 Å². The molecule has 0 bridgehead atoms. The van der Waals surface area contributed by atoms with Crippen molar-refractivity contribution < 1.29 is 14.0 Å². The van der Waals surface area contributed by atoms with Gasteiger partial charge in [0.05, 0.1) is 0 Å². The predicted octanol–water partition coefficient (Wildman–Crippen LogP) is 1.98. The summed E-state index contributed by atoms with van der Waals surface area (Å²) in [4.78, 5) is 8.53. The molecule has 0 saturated carbocycles. The second kappa shape index (κ2) is 9.90. The third-order valence-electron chi connectivity index (χ3n) is 1.09. The fourth-order valence-corrected chi connectivity index (χ4v) is 2.19. The van der Waals surface area contributed by atoms with Crippen molar-refractivity contribution in [2.75, 3.05) is 44.8 Å². The molecule has 0 spiro atoms. The standard InChI is InChI=1S/C4H11ClNOP.C3H9ClNO2P/c1-8(2,7)6-4-3-5;1-8(6,7)5-3-2-4/h3-4H2,1-2H3,(H,6,7);2-3H2,1H3,(H2,5,6,7). The highest BCUT2D eigenvalue weighted by atomic mass is 35.5. The average molecular weight is 313 g/mol. The number of nitrogens with one attached hydrogen (secondary N) is 2. The molecule has 0 heterocycles. The van der Waals surface area contributed by atoms with Crippen molar-refractivity contribution in [2.45, 2.75) is 0 Å². The quantitative estimate of drug-likeness (QED) is 0.516. The molecule has 3 N–H and O–H groups in total. The second-order valence-electron chi connectivity index (χ2n) is 3.42. The first-order valence-corrected chi connectivity index (χ1v) is 10.4. The first kappa shape index (κ1) is 19.3. The average Bonchev–Trinajstić information content (AvgIpc) is 2.10. The van der Waals surface area contributed by atoms with Gasteiger partial charge in [-0.3, -0.25) is 9.65 Å². The van der Waals surface area contributed by atoms with Crippen molar-refractivity contribution in [3.63, 3.8) is 0 Å². The first-order valence-electron chi connectivity index (χ1n) is 4.60. The van der Waals surface area contributed by atoms with Crippen LogP contribution in [-0.4, -0.2) is 49.7 Å². The van der Waals surface area contributed by atoms with Gasteiger partial charge in [0.15, 0.2) is 0 Å². The predicted molar refractivity (Wildman–Crippen MR) is 72.6 cm³/mol. The van der Waals surface area contributed by atoms with Crippen molar-refractivity contribution >= 4 is 38.0 Å². The molecule has 0 aliphatic heterocycles. The molecule has 0 amide bonds. The van der Waals surface area contributed by atoms with E-state index in [-0.39, 0.29) is 0 Å². The molecular weight excluding hydrogens is 293 g/mol. The van der Waals surface area contributed by atoms with Crippen LogP contribution in [0.25, 0.3) is 0 Å². The van der Waals surface area contributed by atoms with Gasteiger partial charge in [0.25, 0.3) is 7.52 Å². The Balaban J connectivity index is 0. The summed E-state index contributed by atoms with van der Waals surface area (Å²) in [6, 6.07) is 0. The van der Waals surface area contributed by atoms with E-state index in [2.05, 4.69) is 10.2 Å². The monoisotopic (exact) mass is 312 g/mol. The van der Waals surface area contributed by atoms with Crippen LogP contribution in [0.3, 0.4) is 0 Å². The zero-order chi connectivity index (χ0) is 13.2.